The second-order valence-electron chi connectivity index (χ2n) is 5.88. The third kappa shape index (κ3) is 2.48. The SMILES string of the molecule is C=Cc1ccc2c(cc(C#N)n2CC2CCCNC2)c1C. The molecule has 1 fully saturated rings. The smallest absolute Gasteiger partial charge is 0.121 e. The first-order valence-electron chi connectivity index (χ1n) is 7.60. The molecule has 3 heteroatoms. The van der Waals surface area contributed by atoms with Crippen LogP contribution in [0.5, 0.6) is 0 Å². The van der Waals surface area contributed by atoms with Gasteiger partial charge in [0.05, 0.1) is 0 Å². The minimum atomic E-state index is 0.612. The van der Waals surface area contributed by atoms with Gasteiger partial charge in [-0.3, -0.25) is 0 Å². The Kier molecular flexibility index (Phi) is 3.81. The van der Waals surface area contributed by atoms with E-state index >= 15 is 0 Å². The zero-order valence-electron chi connectivity index (χ0n) is 12.5. The molecule has 1 aromatic heterocycles. The maximum Gasteiger partial charge on any atom is 0.121 e. The molecule has 0 amide bonds. The van der Waals surface area contributed by atoms with E-state index in [9.17, 15) is 5.26 Å². The number of hydrogen-bond acceptors (Lipinski definition) is 2. The molecule has 0 saturated carbocycles. The molecule has 1 saturated heterocycles. The van der Waals surface area contributed by atoms with Crippen molar-refractivity contribution in [1.29, 1.82) is 5.26 Å². The molecule has 3 nitrogen and oxygen atoms in total. The summed E-state index contributed by atoms with van der Waals surface area (Å²) in [6.45, 7) is 9.06. The number of benzene rings is 1. The van der Waals surface area contributed by atoms with E-state index in [-0.39, 0.29) is 0 Å². The fourth-order valence-electron chi connectivity index (χ4n) is 3.34. The second-order valence-corrected chi connectivity index (χ2v) is 5.88. The molecule has 3 rings (SSSR count). The van der Waals surface area contributed by atoms with Gasteiger partial charge in [-0.15, -0.1) is 0 Å². The molecule has 1 aliphatic rings. The van der Waals surface area contributed by atoms with Gasteiger partial charge in [-0.25, -0.2) is 0 Å². The number of rotatable bonds is 3. The molecule has 108 valence electrons. The van der Waals surface area contributed by atoms with Gasteiger partial charge in [-0.05, 0) is 62.0 Å². The van der Waals surface area contributed by atoms with Crippen LogP contribution >= 0.6 is 0 Å². The topological polar surface area (TPSA) is 40.8 Å². The normalized spacial score (nSPS) is 18.6. The summed E-state index contributed by atoms with van der Waals surface area (Å²) in [5.41, 5.74) is 4.28. The minimum absolute atomic E-state index is 0.612. The van der Waals surface area contributed by atoms with Gasteiger partial charge < -0.3 is 9.88 Å². The maximum atomic E-state index is 9.46. The molecule has 0 bridgehead atoms. The maximum absolute atomic E-state index is 9.46. The highest BCUT2D eigenvalue weighted by Gasteiger charge is 2.18. The average Bonchev–Trinajstić information content (AvgIpc) is 2.88. The van der Waals surface area contributed by atoms with Crippen LogP contribution in [0.4, 0.5) is 0 Å². The van der Waals surface area contributed by atoms with Gasteiger partial charge in [-0.1, -0.05) is 18.7 Å². The molecular weight excluding hydrogens is 258 g/mol. The van der Waals surface area contributed by atoms with E-state index in [1.807, 2.05) is 12.1 Å². The Morgan fingerprint density at radius 3 is 3.05 bits per heavy atom. The van der Waals surface area contributed by atoms with Crippen molar-refractivity contribution in [2.45, 2.75) is 26.3 Å². The predicted octanol–water partition coefficient (Wildman–Crippen LogP) is 3.46. The van der Waals surface area contributed by atoms with Crippen LogP contribution in [0, 0.1) is 24.2 Å². The lowest BCUT2D eigenvalue weighted by molar-refractivity contribution is 0.340. The fraction of sp³-hybridized carbons (Fsp3) is 0.389. The lowest BCUT2D eigenvalue weighted by Gasteiger charge is -2.24. The van der Waals surface area contributed by atoms with Crippen molar-refractivity contribution in [3.8, 4) is 6.07 Å². The Bertz CT molecular complexity index is 712. The number of nitrogens with one attached hydrogen (secondary N) is 1. The lowest BCUT2D eigenvalue weighted by atomic mass is 9.99. The summed E-state index contributed by atoms with van der Waals surface area (Å²) in [6.07, 6.45) is 4.34. The van der Waals surface area contributed by atoms with Crippen LogP contribution in [-0.2, 0) is 6.54 Å². The van der Waals surface area contributed by atoms with Crippen LogP contribution in [-0.4, -0.2) is 17.7 Å². The van der Waals surface area contributed by atoms with Crippen LogP contribution in [0.2, 0.25) is 0 Å². The van der Waals surface area contributed by atoms with Crippen LogP contribution in [0.1, 0.15) is 29.7 Å². The van der Waals surface area contributed by atoms with Gasteiger partial charge in [0.15, 0.2) is 0 Å². The number of fused-ring (bicyclic) bond motifs is 1. The highest BCUT2D eigenvalue weighted by molar-refractivity contribution is 5.88. The summed E-state index contributed by atoms with van der Waals surface area (Å²) in [5.74, 6) is 0.612. The summed E-state index contributed by atoms with van der Waals surface area (Å²) in [5, 5.41) is 14.1. The molecule has 1 aromatic carbocycles. The third-order valence-electron chi connectivity index (χ3n) is 4.57. The molecule has 0 spiro atoms. The van der Waals surface area contributed by atoms with Crippen molar-refractivity contribution in [2.24, 2.45) is 5.92 Å². The molecule has 2 aromatic rings. The molecule has 0 radical (unpaired) electrons. The summed E-state index contributed by atoms with van der Waals surface area (Å²) in [4.78, 5) is 0. The third-order valence-corrected chi connectivity index (χ3v) is 4.57. The number of piperidine rings is 1. The van der Waals surface area contributed by atoms with E-state index in [0.717, 1.165) is 30.9 Å². The van der Waals surface area contributed by atoms with Gasteiger partial charge in [-0.2, -0.15) is 5.26 Å². The number of nitriles is 1. The molecule has 1 aliphatic heterocycles. The largest absolute Gasteiger partial charge is 0.332 e. The van der Waals surface area contributed by atoms with Crippen LogP contribution in [0.3, 0.4) is 0 Å². The number of nitrogens with zero attached hydrogens (tertiary/aromatic N) is 2. The quantitative estimate of drug-likeness (QED) is 0.934. The second kappa shape index (κ2) is 5.75. The number of aromatic nitrogens is 1. The van der Waals surface area contributed by atoms with E-state index in [1.54, 1.807) is 0 Å². The Labute approximate surface area is 125 Å². The zero-order chi connectivity index (χ0) is 14.8. The van der Waals surface area contributed by atoms with Gasteiger partial charge in [0, 0.05) is 17.4 Å². The summed E-state index contributed by atoms with van der Waals surface area (Å²) in [7, 11) is 0. The van der Waals surface area contributed by atoms with E-state index < -0.39 is 0 Å². The van der Waals surface area contributed by atoms with Crippen LogP contribution in [0.15, 0.2) is 24.8 Å². The van der Waals surface area contributed by atoms with Crippen LogP contribution < -0.4 is 5.32 Å². The van der Waals surface area contributed by atoms with Gasteiger partial charge in [0.25, 0.3) is 0 Å². The van der Waals surface area contributed by atoms with Crippen molar-refractivity contribution in [1.82, 2.24) is 9.88 Å². The Morgan fingerprint density at radius 1 is 1.52 bits per heavy atom. The lowest BCUT2D eigenvalue weighted by Crippen LogP contribution is -2.32. The van der Waals surface area contributed by atoms with Crippen molar-refractivity contribution in [3.05, 3.63) is 41.6 Å². The Morgan fingerprint density at radius 2 is 2.38 bits per heavy atom. The van der Waals surface area contributed by atoms with E-state index in [2.05, 4.69) is 41.6 Å². The molecule has 2 heterocycles. The highest BCUT2D eigenvalue weighted by atomic mass is 15.0. The Balaban J connectivity index is 2.06. The number of hydrogen-bond donors (Lipinski definition) is 1. The standard InChI is InChI=1S/C18H21N3/c1-3-15-6-7-18-17(13(15)2)9-16(10-19)21(18)12-14-5-4-8-20-11-14/h3,6-7,9,14,20H,1,4-5,8,11-12H2,2H3. The molecule has 1 atom stereocenters. The molecular formula is C18H21N3. The zero-order valence-corrected chi connectivity index (χ0v) is 12.5. The first kappa shape index (κ1) is 13.9. The number of aryl methyl sites for hydroxylation is 1. The van der Waals surface area contributed by atoms with E-state index in [0.29, 0.717) is 5.92 Å². The summed E-state index contributed by atoms with van der Waals surface area (Å²) < 4.78 is 2.19. The minimum Gasteiger partial charge on any atom is -0.332 e. The van der Waals surface area contributed by atoms with Crippen molar-refractivity contribution in [2.75, 3.05) is 13.1 Å². The highest BCUT2D eigenvalue weighted by Crippen LogP contribution is 2.28. The van der Waals surface area contributed by atoms with Crippen molar-refractivity contribution < 1.29 is 0 Å². The summed E-state index contributed by atoms with van der Waals surface area (Å²) >= 11 is 0. The molecule has 1 unspecified atom stereocenters. The van der Waals surface area contributed by atoms with Gasteiger partial charge in [0.1, 0.15) is 11.8 Å². The molecule has 0 aliphatic carbocycles. The van der Waals surface area contributed by atoms with Crippen LogP contribution in [0.25, 0.3) is 17.0 Å². The molecule has 21 heavy (non-hydrogen) atoms. The van der Waals surface area contributed by atoms with Gasteiger partial charge >= 0.3 is 0 Å². The predicted molar refractivity (Wildman–Crippen MR) is 87.1 cm³/mol. The first-order chi connectivity index (χ1) is 10.2. The molecule has 1 N–H and O–H groups in total. The Hall–Kier alpha value is -2.05. The monoisotopic (exact) mass is 279 g/mol. The van der Waals surface area contributed by atoms with Crippen molar-refractivity contribution >= 4 is 17.0 Å². The van der Waals surface area contributed by atoms with E-state index in [1.165, 1.54) is 29.3 Å². The van der Waals surface area contributed by atoms with Gasteiger partial charge in [0.2, 0.25) is 0 Å². The fourth-order valence-corrected chi connectivity index (χ4v) is 3.34. The average molecular weight is 279 g/mol. The summed E-state index contributed by atoms with van der Waals surface area (Å²) in [6, 6.07) is 8.60. The van der Waals surface area contributed by atoms with Crippen molar-refractivity contribution in [3.63, 3.8) is 0 Å². The first-order valence-corrected chi connectivity index (χ1v) is 7.60. The van der Waals surface area contributed by atoms with E-state index in [4.69, 9.17) is 0 Å².